The van der Waals surface area contributed by atoms with Crippen LogP contribution < -0.4 is 9.62 Å². The average Bonchev–Trinajstić information content (AvgIpc) is 2.91. The summed E-state index contributed by atoms with van der Waals surface area (Å²) in [7, 11) is -1.29. The average molecular weight is 597 g/mol. The third kappa shape index (κ3) is 8.62. The lowest BCUT2D eigenvalue weighted by atomic mass is 10.0. The number of nitrogens with zero attached hydrogens (tertiary/aromatic N) is 3. The molecule has 0 aliphatic heterocycles. The highest BCUT2D eigenvalue weighted by molar-refractivity contribution is 7.90. The third-order valence-corrected chi connectivity index (χ3v) is 8.49. The van der Waals surface area contributed by atoms with E-state index in [4.69, 9.17) is 0 Å². The van der Waals surface area contributed by atoms with Crippen molar-refractivity contribution in [1.82, 2.24) is 14.5 Å². The van der Waals surface area contributed by atoms with Crippen LogP contribution >= 0.6 is 0 Å². The number of nitrogens with one attached hydrogen (secondary N) is 1. The van der Waals surface area contributed by atoms with E-state index in [1.54, 1.807) is 31.2 Å². The molecular formula is C32H41FN4O4S. The number of hydrogen-bond acceptors (Lipinski definition) is 4. The number of benzene rings is 3. The van der Waals surface area contributed by atoms with Crippen LogP contribution in [0.1, 0.15) is 43.0 Å². The quantitative estimate of drug-likeness (QED) is 0.350. The van der Waals surface area contributed by atoms with Gasteiger partial charge in [-0.3, -0.25) is 9.59 Å². The second-order valence-corrected chi connectivity index (χ2v) is 13.7. The summed E-state index contributed by atoms with van der Waals surface area (Å²) >= 11 is 0. The van der Waals surface area contributed by atoms with Crippen LogP contribution in [-0.2, 0) is 32.8 Å². The van der Waals surface area contributed by atoms with E-state index in [0.29, 0.717) is 16.8 Å². The molecule has 10 heteroatoms. The maximum Gasteiger partial charge on any atom is 0.304 e. The lowest BCUT2D eigenvalue weighted by Gasteiger charge is -2.36. The molecule has 42 heavy (non-hydrogen) atoms. The van der Waals surface area contributed by atoms with Crippen molar-refractivity contribution in [3.05, 3.63) is 101 Å². The van der Waals surface area contributed by atoms with E-state index in [1.807, 2.05) is 64.1 Å². The number of amides is 2. The summed E-state index contributed by atoms with van der Waals surface area (Å²) in [5.74, 6) is -1.38. The standard InChI is InChI=1S/C32H41FN4O4S/c1-23-13-14-24(2)28(19-23)37(42(40,41)35(6)7)22-30(38)36(21-26-15-17-27(33)18-16-26)29(31(39)34-32(3,4)5)20-25-11-9-8-10-12-25/h8-19,29H,20-22H2,1-7H3,(H,34,39)/t29-/m0/s1. The van der Waals surface area contributed by atoms with E-state index >= 15 is 0 Å². The maximum atomic E-state index is 14.3. The van der Waals surface area contributed by atoms with Crippen LogP contribution in [0.5, 0.6) is 0 Å². The maximum absolute atomic E-state index is 14.3. The molecule has 1 N–H and O–H groups in total. The highest BCUT2D eigenvalue weighted by Gasteiger charge is 2.36. The van der Waals surface area contributed by atoms with Gasteiger partial charge in [-0.25, -0.2) is 8.70 Å². The SMILES string of the molecule is Cc1ccc(C)c(N(CC(=O)N(Cc2ccc(F)cc2)[C@@H](Cc2ccccc2)C(=O)NC(C)(C)C)S(=O)(=O)N(C)C)c1. The highest BCUT2D eigenvalue weighted by Crippen LogP contribution is 2.26. The van der Waals surface area contributed by atoms with Gasteiger partial charge in [0, 0.05) is 32.6 Å². The third-order valence-electron chi connectivity index (χ3n) is 6.69. The van der Waals surface area contributed by atoms with Crippen molar-refractivity contribution in [2.75, 3.05) is 24.9 Å². The first-order valence-electron chi connectivity index (χ1n) is 13.8. The second kappa shape index (κ2) is 13.5. The van der Waals surface area contributed by atoms with E-state index in [0.717, 1.165) is 19.7 Å². The van der Waals surface area contributed by atoms with E-state index < -0.39 is 40.1 Å². The number of carbonyl (C=O) groups is 2. The molecule has 2 amide bonds. The minimum Gasteiger partial charge on any atom is -0.350 e. The summed E-state index contributed by atoms with van der Waals surface area (Å²) in [5.41, 5.74) is 2.72. The topological polar surface area (TPSA) is 90.0 Å². The van der Waals surface area contributed by atoms with Gasteiger partial charge in [-0.2, -0.15) is 12.7 Å². The zero-order valence-corrected chi connectivity index (χ0v) is 26.2. The molecule has 0 aromatic heterocycles. The number of carbonyl (C=O) groups excluding carboxylic acids is 2. The predicted molar refractivity (Wildman–Crippen MR) is 165 cm³/mol. The van der Waals surface area contributed by atoms with Gasteiger partial charge in [-0.05, 0) is 75.1 Å². The van der Waals surface area contributed by atoms with Crippen molar-refractivity contribution in [1.29, 1.82) is 0 Å². The first kappa shape index (κ1) is 32.8. The van der Waals surface area contributed by atoms with E-state index in [2.05, 4.69) is 5.32 Å². The number of halogens is 1. The number of rotatable bonds is 11. The van der Waals surface area contributed by atoms with Crippen LogP contribution in [0.2, 0.25) is 0 Å². The van der Waals surface area contributed by atoms with E-state index in [9.17, 15) is 22.4 Å². The molecule has 0 bridgehead atoms. The smallest absolute Gasteiger partial charge is 0.304 e. The molecule has 3 aromatic rings. The molecule has 8 nitrogen and oxygen atoms in total. The lowest BCUT2D eigenvalue weighted by molar-refractivity contribution is -0.140. The fourth-order valence-corrected chi connectivity index (χ4v) is 5.60. The van der Waals surface area contributed by atoms with Gasteiger partial charge < -0.3 is 10.2 Å². The molecule has 0 spiro atoms. The van der Waals surface area contributed by atoms with Crippen LogP contribution in [0.25, 0.3) is 0 Å². The Labute approximate surface area is 249 Å². The molecule has 0 unspecified atom stereocenters. The zero-order chi connectivity index (χ0) is 31.2. The van der Waals surface area contributed by atoms with Crippen LogP contribution in [0.3, 0.4) is 0 Å². The molecule has 0 heterocycles. The summed E-state index contributed by atoms with van der Waals surface area (Å²) in [6, 6.07) is 19.4. The van der Waals surface area contributed by atoms with Gasteiger partial charge in [0.1, 0.15) is 18.4 Å². The summed E-state index contributed by atoms with van der Waals surface area (Å²) in [6.07, 6.45) is 0.194. The Kier molecular flexibility index (Phi) is 10.5. The Morgan fingerprint density at radius 3 is 2.10 bits per heavy atom. The molecule has 3 aromatic carbocycles. The monoisotopic (exact) mass is 596 g/mol. The second-order valence-electron chi connectivity index (χ2n) is 11.7. The normalized spacial score (nSPS) is 12.6. The van der Waals surface area contributed by atoms with Crippen molar-refractivity contribution in [3.8, 4) is 0 Å². The Hall–Kier alpha value is -3.76. The number of aryl methyl sites for hydroxylation is 2. The van der Waals surface area contributed by atoms with Gasteiger partial charge in [0.2, 0.25) is 11.8 Å². The van der Waals surface area contributed by atoms with Crippen molar-refractivity contribution >= 4 is 27.7 Å². The largest absolute Gasteiger partial charge is 0.350 e. The zero-order valence-electron chi connectivity index (χ0n) is 25.4. The van der Waals surface area contributed by atoms with Gasteiger partial charge in [-0.1, -0.05) is 54.6 Å². The van der Waals surface area contributed by atoms with Gasteiger partial charge >= 0.3 is 10.2 Å². The summed E-state index contributed by atoms with van der Waals surface area (Å²) in [5, 5.41) is 2.99. The minimum absolute atomic E-state index is 0.0309. The van der Waals surface area contributed by atoms with Gasteiger partial charge in [0.15, 0.2) is 0 Å². The molecule has 3 rings (SSSR count). The highest BCUT2D eigenvalue weighted by atomic mass is 32.2. The molecule has 226 valence electrons. The van der Waals surface area contributed by atoms with E-state index in [-0.39, 0.29) is 18.9 Å². The Bertz CT molecular complexity index is 1490. The predicted octanol–water partition coefficient (Wildman–Crippen LogP) is 4.61. The molecule has 0 aliphatic rings. The van der Waals surface area contributed by atoms with Crippen LogP contribution in [0, 0.1) is 19.7 Å². The molecular weight excluding hydrogens is 555 g/mol. The van der Waals surface area contributed by atoms with Crippen molar-refractivity contribution in [2.45, 2.75) is 59.2 Å². The number of anilines is 1. The van der Waals surface area contributed by atoms with Crippen molar-refractivity contribution in [3.63, 3.8) is 0 Å². The molecule has 0 saturated heterocycles. The summed E-state index contributed by atoms with van der Waals surface area (Å²) < 4.78 is 43.1. The van der Waals surface area contributed by atoms with Crippen molar-refractivity contribution in [2.24, 2.45) is 0 Å². The summed E-state index contributed by atoms with van der Waals surface area (Å²) in [4.78, 5) is 29.5. The Morgan fingerprint density at radius 1 is 0.905 bits per heavy atom. The van der Waals surface area contributed by atoms with Gasteiger partial charge in [-0.15, -0.1) is 0 Å². The molecule has 1 atom stereocenters. The van der Waals surface area contributed by atoms with Gasteiger partial charge in [0.25, 0.3) is 0 Å². The van der Waals surface area contributed by atoms with Gasteiger partial charge in [0.05, 0.1) is 5.69 Å². The van der Waals surface area contributed by atoms with Crippen LogP contribution in [0.15, 0.2) is 72.8 Å². The van der Waals surface area contributed by atoms with Crippen LogP contribution in [-0.4, -0.2) is 61.7 Å². The molecule has 0 saturated carbocycles. The van der Waals surface area contributed by atoms with E-state index in [1.165, 1.54) is 31.1 Å². The molecule has 0 aliphatic carbocycles. The van der Waals surface area contributed by atoms with Crippen molar-refractivity contribution < 1.29 is 22.4 Å². The Morgan fingerprint density at radius 2 is 1.52 bits per heavy atom. The Balaban J connectivity index is 2.14. The first-order chi connectivity index (χ1) is 19.6. The summed E-state index contributed by atoms with van der Waals surface area (Å²) in [6.45, 7) is 8.60. The first-order valence-corrected chi connectivity index (χ1v) is 15.2. The minimum atomic E-state index is -4.10. The fourth-order valence-electron chi connectivity index (χ4n) is 4.48. The lowest BCUT2D eigenvalue weighted by Crippen LogP contribution is -2.56. The van der Waals surface area contributed by atoms with Crippen LogP contribution in [0.4, 0.5) is 10.1 Å². The fraction of sp³-hybridized carbons (Fsp3) is 0.375. The molecule has 0 fully saturated rings. The number of hydrogen-bond donors (Lipinski definition) is 1. The molecule has 0 radical (unpaired) electrons.